The maximum Gasteiger partial charge on any atom is 0.221 e. The number of rotatable bonds is 6. The molecule has 1 saturated heterocycles. The summed E-state index contributed by atoms with van der Waals surface area (Å²) >= 11 is 0. The first-order valence-electron chi connectivity index (χ1n) is 7.03. The van der Waals surface area contributed by atoms with Gasteiger partial charge in [-0.2, -0.15) is 0 Å². The lowest BCUT2D eigenvalue weighted by Crippen LogP contribution is -2.34. The van der Waals surface area contributed by atoms with Gasteiger partial charge in [-0.1, -0.05) is 0 Å². The molecule has 5 heteroatoms. The fraction of sp³-hybridized carbons (Fsp3) is 0.846. The number of hydrogen-bond acceptors (Lipinski definition) is 3. The average molecular weight is 253 g/mol. The number of amides is 2. The van der Waals surface area contributed by atoms with Crippen molar-refractivity contribution < 1.29 is 9.59 Å². The standard InChI is InChI=1S/C13H23N3O2/c17-12(16-10-5-6-10)4-2-7-14-11-3-1-8-15-13(18)9-11/h10-11,14H,1-9H2,(H,15,18)(H,16,17). The van der Waals surface area contributed by atoms with Crippen LogP contribution in [0.2, 0.25) is 0 Å². The summed E-state index contributed by atoms with van der Waals surface area (Å²) in [5.41, 5.74) is 0. The minimum absolute atomic E-state index is 0.136. The average Bonchev–Trinajstić information content (AvgIpc) is 3.13. The highest BCUT2D eigenvalue weighted by molar-refractivity contribution is 5.77. The first kappa shape index (κ1) is 13.3. The molecule has 2 aliphatic rings. The van der Waals surface area contributed by atoms with Gasteiger partial charge in [0.2, 0.25) is 11.8 Å². The van der Waals surface area contributed by atoms with Crippen molar-refractivity contribution in [2.75, 3.05) is 13.1 Å². The van der Waals surface area contributed by atoms with Crippen LogP contribution in [0.3, 0.4) is 0 Å². The van der Waals surface area contributed by atoms with Crippen LogP contribution in [0.1, 0.15) is 44.9 Å². The molecule has 18 heavy (non-hydrogen) atoms. The number of carbonyl (C=O) groups excluding carboxylic acids is 2. The molecule has 3 N–H and O–H groups in total. The summed E-state index contributed by atoms with van der Waals surface area (Å²) in [6.45, 7) is 1.61. The minimum atomic E-state index is 0.136. The van der Waals surface area contributed by atoms with Crippen molar-refractivity contribution in [1.82, 2.24) is 16.0 Å². The highest BCUT2D eigenvalue weighted by Crippen LogP contribution is 2.18. The molecule has 2 amide bonds. The van der Waals surface area contributed by atoms with E-state index in [1.807, 2.05) is 0 Å². The van der Waals surface area contributed by atoms with Crippen LogP contribution in [0.5, 0.6) is 0 Å². The topological polar surface area (TPSA) is 70.2 Å². The second-order valence-corrected chi connectivity index (χ2v) is 5.29. The van der Waals surface area contributed by atoms with Gasteiger partial charge in [0, 0.05) is 31.5 Å². The van der Waals surface area contributed by atoms with E-state index in [4.69, 9.17) is 0 Å². The Morgan fingerprint density at radius 1 is 1.28 bits per heavy atom. The summed E-state index contributed by atoms with van der Waals surface area (Å²) in [7, 11) is 0. The lowest BCUT2D eigenvalue weighted by atomic mass is 10.1. The first-order valence-corrected chi connectivity index (χ1v) is 7.03. The fourth-order valence-corrected chi connectivity index (χ4v) is 2.23. The van der Waals surface area contributed by atoms with Gasteiger partial charge >= 0.3 is 0 Å². The molecule has 0 radical (unpaired) electrons. The van der Waals surface area contributed by atoms with Crippen LogP contribution in [0, 0.1) is 0 Å². The quantitative estimate of drug-likeness (QED) is 0.596. The normalized spacial score (nSPS) is 24.2. The molecule has 1 atom stereocenters. The van der Waals surface area contributed by atoms with Gasteiger partial charge < -0.3 is 16.0 Å². The summed E-state index contributed by atoms with van der Waals surface area (Å²) in [5.74, 6) is 0.300. The van der Waals surface area contributed by atoms with Gasteiger partial charge in [0.15, 0.2) is 0 Å². The van der Waals surface area contributed by atoms with E-state index in [0.29, 0.717) is 18.9 Å². The van der Waals surface area contributed by atoms with Crippen LogP contribution >= 0.6 is 0 Å². The maximum absolute atomic E-state index is 11.4. The molecule has 102 valence electrons. The van der Waals surface area contributed by atoms with Crippen molar-refractivity contribution in [2.45, 2.75) is 57.0 Å². The Balaban J connectivity index is 1.53. The summed E-state index contributed by atoms with van der Waals surface area (Å²) < 4.78 is 0. The third-order valence-corrected chi connectivity index (χ3v) is 3.44. The van der Waals surface area contributed by atoms with Crippen LogP contribution < -0.4 is 16.0 Å². The lowest BCUT2D eigenvalue weighted by Gasteiger charge is -2.14. The molecule has 0 bridgehead atoms. The molecule has 0 aromatic heterocycles. The Bertz CT molecular complexity index is 303. The summed E-state index contributed by atoms with van der Waals surface area (Å²) in [6, 6.07) is 0.731. The van der Waals surface area contributed by atoms with Crippen molar-refractivity contribution in [3.05, 3.63) is 0 Å². The van der Waals surface area contributed by atoms with Crippen molar-refractivity contribution in [1.29, 1.82) is 0 Å². The molecule has 1 saturated carbocycles. The maximum atomic E-state index is 11.4. The molecule has 2 fully saturated rings. The van der Waals surface area contributed by atoms with Crippen LogP contribution in [0.15, 0.2) is 0 Å². The zero-order chi connectivity index (χ0) is 12.8. The Morgan fingerprint density at radius 2 is 2.11 bits per heavy atom. The van der Waals surface area contributed by atoms with E-state index in [0.717, 1.165) is 45.2 Å². The van der Waals surface area contributed by atoms with Crippen molar-refractivity contribution >= 4 is 11.8 Å². The summed E-state index contributed by atoms with van der Waals surface area (Å²) in [5, 5.41) is 9.22. The minimum Gasteiger partial charge on any atom is -0.356 e. The van der Waals surface area contributed by atoms with Gasteiger partial charge in [0.25, 0.3) is 0 Å². The van der Waals surface area contributed by atoms with Crippen molar-refractivity contribution in [3.63, 3.8) is 0 Å². The van der Waals surface area contributed by atoms with Gasteiger partial charge in [-0.05, 0) is 38.6 Å². The molecular formula is C13H23N3O2. The highest BCUT2D eigenvalue weighted by Gasteiger charge is 2.22. The summed E-state index contributed by atoms with van der Waals surface area (Å²) in [4.78, 5) is 22.8. The molecule has 0 aromatic rings. The fourth-order valence-electron chi connectivity index (χ4n) is 2.23. The predicted octanol–water partition coefficient (Wildman–Crippen LogP) is 0.304. The Hall–Kier alpha value is -1.10. The van der Waals surface area contributed by atoms with E-state index < -0.39 is 0 Å². The van der Waals surface area contributed by atoms with E-state index in [9.17, 15) is 9.59 Å². The van der Waals surface area contributed by atoms with Gasteiger partial charge in [0.05, 0.1) is 0 Å². The number of hydrogen-bond donors (Lipinski definition) is 3. The molecule has 1 aliphatic heterocycles. The van der Waals surface area contributed by atoms with Gasteiger partial charge in [-0.3, -0.25) is 9.59 Å². The van der Waals surface area contributed by atoms with Crippen LogP contribution in [0.4, 0.5) is 0 Å². The van der Waals surface area contributed by atoms with E-state index in [1.54, 1.807) is 0 Å². The monoisotopic (exact) mass is 253 g/mol. The Morgan fingerprint density at radius 3 is 2.89 bits per heavy atom. The Kier molecular flexibility index (Phi) is 4.99. The van der Waals surface area contributed by atoms with Crippen LogP contribution in [0.25, 0.3) is 0 Å². The smallest absolute Gasteiger partial charge is 0.221 e. The van der Waals surface area contributed by atoms with Crippen molar-refractivity contribution in [3.8, 4) is 0 Å². The molecule has 5 nitrogen and oxygen atoms in total. The largest absolute Gasteiger partial charge is 0.356 e. The molecule has 1 heterocycles. The molecule has 1 unspecified atom stereocenters. The second kappa shape index (κ2) is 6.73. The molecule has 1 aliphatic carbocycles. The summed E-state index contributed by atoms with van der Waals surface area (Å²) in [6.07, 6.45) is 6.34. The zero-order valence-corrected chi connectivity index (χ0v) is 10.8. The predicted molar refractivity (Wildman–Crippen MR) is 69.1 cm³/mol. The molecule has 0 aromatic carbocycles. The molecule has 0 spiro atoms. The second-order valence-electron chi connectivity index (χ2n) is 5.29. The van der Waals surface area contributed by atoms with Gasteiger partial charge in [-0.15, -0.1) is 0 Å². The van der Waals surface area contributed by atoms with Gasteiger partial charge in [0.1, 0.15) is 0 Å². The third kappa shape index (κ3) is 5.04. The third-order valence-electron chi connectivity index (χ3n) is 3.44. The van der Waals surface area contributed by atoms with Crippen molar-refractivity contribution in [2.24, 2.45) is 0 Å². The zero-order valence-electron chi connectivity index (χ0n) is 10.8. The van der Waals surface area contributed by atoms with Crippen LogP contribution in [-0.2, 0) is 9.59 Å². The SMILES string of the molecule is O=C1CC(NCCCC(=O)NC2CC2)CCCN1. The van der Waals surface area contributed by atoms with E-state index in [1.165, 1.54) is 0 Å². The molecule has 2 rings (SSSR count). The number of carbonyl (C=O) groups is 2. The highest BCUT2D eigenvalue weighted by atomic mass is 16.2. The lowest BCUT2D eigenvalue weighted by molar-refractivity contribution is -0.122. The van der Waals surface area contributed by atoms with Gasteiger partial charge in [-0.25, -0.2) is 0 Å². The Labute approximate surface area is 108 Å². The van der Waals surface area contributed by atoms with E-state index in [-0.39, 0.29) is 17.9 Å². The van der Waals surface area contributed by atoms with E-state index in [2.05, 4.69) is 16.0 Å². The first-order chi connectivity index (χ1) is 8.74. The van der Waals surface area contributed by atoms with E-state index >= 15 is 0 Å². The number of nitrogens with one attached hydrogen (secondary N) is 3. The molecular weight excluding hydrogens is 230 g/mol. The van der Waals surface area contributed by atoms with Crippen LogP contribution in [-0.4, -0.2) is 37.0 Å².